The first-order chi connectivity index (χ1) is 10.6. The molecule has 0 saturated heterocycles. The van der Waals surface area contributed by atoms with Gasteiger partial charge in [0.1, 0.15) is 0 Å². The van der Waals surface area contributed by atoms with Crippen molar-refractivity contribution in [2.75, 3.05) is 11.9 Å². The van der Waals surface area contributed by atoms with E-state index in [4.69, 9.17) is 0 Å². The van der Waals surface area contributed by atoms with Gasteiger partial charge in [0.05, 0.1) is 5.69 Å². The summed E-state index contributed by atoms with van der Waals surface area (Å²) < 4.78 is 0.876. The van der Waals surface area contributed by atoms with Crippen molar-refractivity contribution in [3.63, 3.8) is 0 Å². The van der Waals surface area contributed by atoms with E-state index in [1.165, 1.54) is 0 Å². The summed E-state index contributed by atoms with van der Waals surface area (Å²) in [7, 11) is 0. The van der Waals surface area contributed by atoms with Gasteiger partial charge in [0.15, 0.2) is 0 Å². The number of para-hydroxylation sites is 1. The maximum atomic E-state index is 12.3. The third-order valence-electron chi connectivity index (χ3n) is 4.02. The van der Waals surface area contributed by atoms with Gasteiger partial charge in [-0.05, 0) is 53.7 Å². The largest absolute Gasteiger partial charge is 0.352 e. The van der Waals surface area contributed by atoms with Gasteiger partial charge < -0.3 is 10.6 Å². The predicted octanol–water partition coefficient (Wildman–Crippen LogP) is 3.50. The zero-order valence-electron chi connectivity index (χ0n) is 12.5. The minimum Gasteiger partial charge on any atom is -0.352 e. The highest BCUT2D eigenvalue weighted by atomic mass is 79.9. The summed E-state index contributed by atoms with van der Waals surface area (Å²) in [5.41, 5.74) is 0.790. The number of benzene rings is 1. The number of carbonyl (C=O) groups is 2. The second kappa shape index (κ2) is 8.13. The Morgan fingerprint density at radius 3 is 2.32 bits per heavy atom. The number of nitrogens with one attached hydrogen (secondary N) is 2. The van der Waals surface area contributed by atoms with Gasteiger partial charge in [-0.3, -0.25) is 9.59 Å². The van der Waals surface area contributed by atoms with Crippen molar-refractivity contribution in [1.82, 2.24) is 5.32 Å². The molecule has 0 aliphatic heterocycles. The molecule has 1 fully saturated rings. The lowest BCUT2D eigenvalue weighted by Crippen LogP contribution is -2.35. The lowest BCUT2D eigenvalue weighted by atomic mass is 9.81. The van der Waals surface area contributed by atoms with E-state index in [-0.39, 0.29) is 23.7 Å². The predicted molar refractivity (Wildman–Crippen MR) is 91.4 cm³/mol. The van der Waals surface area contributed by atoms with Gasteiger partial charge in [-0.15, -0.1) is 6.58 Å². The number of carbonyl (C=O) groups excluding carboxylic acids is 2. The Kier molecular flexibility index (Phi) is 6.19. The van der Waals surface area contributed by atoms with Crippen LogP contribution >= 0.6 is 15.9 Å². The summed E-state index contributed by atoms with van der Waals surface area (Å²) in [4.78, 5) is 24.2. The van der Waals surface area contributed by atoms with E-state index in [0.29, 0.717) is 6.54 Å². The maximum absolute atomic E-state index is 12.3. The summed E-state index contributed by atoms with van der Waals surface area (Å²) in [6.45, 7) is 4.09. The van der Waals surface area contributed by atoms with E-state index in [2.05, 4.69) is 33.1 Å². The first-order valence-corrected chi connectivity index (χ1v) is 8.35. The van der Waals surface area contributed by atoms with E-state index in [1.807, 2.05) is 24.3 Å². The molecule has 1 aliphatic carbocycles. The Bertz CT molecular complexity index is 551. The topological polar surface area (TPSA) is 58.2 Å². The molecular formula is C17H21BrN2O2. The second-order valence-corrected chi connectivity index (χ2v) is 6.41. The van der Waals surface area contributed by atoms with Gasteiger partial charge in [-0.2, -0.15) is 0 Å². The van der Waals surface area contributed by atoms with Crippen molar-refractivity contribution in [1.29, 1.82) is 0 Å². The molecule has 2 amide bonds. The van der Waals surface area contributed by atoms with Gasteiger partial charge >= 0.3 is 0 Å². The highest BCUT2D eigenvalue weighted by Crippen LogP contribution is 2.30. The fourth-order valence-electron chi connectivity index (χ4n) is 2.73. The Morgan fingerprint density at radius 2 is 1.73 bits per heavy atom. The van der Waals surface area contributed by atoms with Gasteiger partial charge in [-0.1, -0.05) is 18.2 Å². The fraction of sp³-hybridized carbons (Fsp3) is 0.412. The minimum atomic E-state index is -0.0180. The summed E-state index contributed by atoms with van der Waals surface area (Å²) in [6, 6.07) is 7.57. The third-order valence-corrected chi connectivity index (χ3v) is 4.71. The van der Waals surface area contributed by atoms with Crippen molar-refractivity contribution in [3.8, 4) is 0 Å². The summed E-state index contributed by atoms with van der Waals surface area (Å²) >= 11 is 3.43. The molecule has 0 aromatic heterocycles. The Labute approximate surface area is 139 Å². The van der Waals surface area contributed by atoms with Crippen molar-refractivity contribution in [3.05, 3.63) is 41.4 Å². The van der Waals surface area contributed by atoms with Crippen LogP contribution in [0.25, 0.3) is 0 Å². The van der Waals surface area contributed by atoms with E-state index < -0.39 is 0 Å². The highest BCUT2D eigenvalue weighted by Gasteiger charge is 2.29. The number of anilines is 1. The Balaban J connectivity index is 1.83. The van der Waals surface area contributed by atoms with Crippen molar-refractivity contribution in [2.45, 2.75) is 25.7 Å². The van der Waals surface area contributed by atoms with E-state index in [0.717, 1.165) is 35.8 Å². The first-order valence-electron chi connectivity index (χ1n) is 7.55. The van der Waals surface area contributed by atoms with Crippen LogP contribution in [0.15, 0.2) is 41.4 Å². The Morgan fingerprint density at radius 1 is 1.14 bits per heavy atom. The van der Waals surface area contributed by atoms with E-state index >= 15 is 0 Å². The molecule has 0 radical (unpaired) electrons. The SMILES string of the molecule is C=CCNC(=O)C1CCC(C(=O)Nc2ccccc2Br)CC1. The van der Waals surface area contributed by atoms with Gasteiger partial charge in [0, 0.05) is 22.9 Å². The summed E-state index contributed by atoms with van der Waals surface area (Å²) in [6.07, 6.45) is 4.70. The van der Waals surface area contributed by atoms with Crippen LogP contribution < -0.4 is 10.6 Å². The molecule has 1 aliphatic rings. The molecule has 0 bridgehead atoms. The molecule has 5 heteroatoms. The average Bonchev–Trinajstić information content (AvgIpc) is 2.55. The molecule has 1 saturated carbocycles. The third kappa shape index (κ3) is 4.44. The lowest BCUT2D eigenvalue weighted by molar-refractivity contribution is -0.128. The van der Waals surface area contributed by atoms with Crippen LogP contribution in [0.3, 0.4) is 0 Å². The molecule has 1 aromatic rings. The monoisotopic (exact) mass is 364 g/mol. The van der Waals surface area contributed by atoms with E-state index in [9.17, 15) is 9.59 Å². The van der Waals surface area contributed by atoms with Crippen LogP contribution in [-0.2, 0) is 9.59 Å². The molecule has 2 rings (SSSR count). The number of hydrogen-bond acceptors (Lipinski definition) is 2. The standard InChI is InChI=1S/C17H21BrN2O2/c1-2-11-19-16(21)12-7-9-13(10-8-12)17(22)20-15-6-4-3-5-14(15)18/h2-6,12-13H,1,7-11H2,(H,19,21)(H,20,22). The molecule has 22 heavy (non-hydrogen) atoms. The molecule has 118 valence electrons. The highest BCUT2D eigenvalue weighted by molar-refractivity contribution is 9.10. The van der Waals surface area contributed by atoms with Crippen LogP contribution in [0.5, 0.6) is 0 Å². The van der Waals surface area contributed by atoms with Crippen molar-refractivity contribution >= 4 is 33.4 Å². The van der Waals surface area contributed by atoms with Crippen molar-refractivity contribution in [2.24, 2.45) is 11.8 Å². The second-order valence-electron chi connectivity index (χ2n) is 5.55. The molecule has 4 nitrogen and oxygen atoms in total. The quantitative estimate of drug-likeness (QED) is 0.785. The summed E-state index contributed by atoms with van der Waals surface area (Å²) in [5.74, 6) is 0.115. The van der Waals surface area contributed by atoms with Gasteiger partial charge in [0.2, 0.25) is 11.8 Å². The minimum absolute atomic E-state index is 0.0180. The molecule has 0 spiro atoms. The lowest BCUT2D eigenvalue weighted by Gasteiger charge is -2.27. The van der Waals surface area contributed by atoms with Gasteiger partial charge in [0.25, 0.3) is 0 Å². The molecule has 2 N–H and O–H groups in total. The average molecular weight is 365 g/mol. The summed E-state index contributed by atoms with van der Waals surface area (Å²) in [5, 5.41) is 5.79. The molecule has 0 heterocycles. The number of amides is 2. The fourth-order valence-corrected chi connectivity index (χ4v) is 3.12. The van der Waals surface area contributed by atoms with Crippen LogP contribution in [-0.4, -0.2) is 18.4 Å². The zero-order chi connectivity index (χ0) is 15.9. The van der Waals surface area contributed by atoms with E-state index in [1.54, 1.807) is 6.08 Å². The first kappa shape index (κ1) is 16.7. The van der Waals surface area contributed by atoms with Crippen LogP contribution in [0.2, 0.25) is 0 Å². The number of rotatable bonds is 5. The molecular weight excluding hydrogens is 344 g/mol. The molecule has 0 atom stereocenters. The van der Waals surface area contributed by atoms with Crippen LogP contribution in [0.4, 0.5) is 5.69 Å². The maximum Gasteiger partial charge on any atom is 0.227 e. The number of halogens is 1. The van der Waals surface area contributed by atoms with Crippen LogP contribution in [0.1, 0.15) is 25.7 Å². The van der Waals surface area contributed by atoms with Gasteiger partial charge in [-0.25, -0.2) is 0 Å². The number of hydrogen-bond donors (Lipinski definition) is 2. The Hall–Kier alpha value is -1.62. The van der Waals surface area contributed by atoms with Crippen LogP contribution in [0, 0.1) is 11.8 Å². The zero-order valence-corrected chi connectivity index (χ0v) is 14.1. The molecule has 1 aromatic carbocycles. The smallest absolute Gasteiger partial charge is 0.227 e. The molecule has 0 unspecified atom stereocenters. The van der Waals surface area contributed by atoms with Crippen molar-refractivity contribution < 1.29 is 9.59 Å². The normalized spacial score (nSPS) is 21.0.